The maximum Gasteiger partial charge on any atom is 0.243 e. The van der Waals surface area contributed by atoms with Crippen molar-refractivity contribution in [3.8, 4) is 0 Å². The SMILES string of the molecule is Cc1ccc(S(=O)(=O)N2CCN(c3nccc(N(C)C)n3)CC2)c(C)c1. The third-order valence-electron chi connectivity index (χ3n) is 4.56. The zero-order valence-corrected chi connectivity index (χ0v) is 16.5. The van der Waals surface area contributed by atoms with Gasteiger partial charge >= 0.3 is 0 Å². The van der Waals surface area contributed by atoms with Crippen LogP contribution in [0.1, 0.15) is 11.1 Å². The molecule has 2 heterocycles. The van der Waals surface area contributed by atoms with Crippen LogP contribution >= 0.6 is 0 Å². The molecule has 0 radical (unpaired) electrons. The van der Waals surface area contributed by atoms with E-state index >= 15 is 0 Å². The van der Waals surface area contributed by atoms with Crippen LogP contribution in [0.2, 0.25) is 0 Å². The first-order valence-corrected chi connectivity index (χ1v) is 10.1. The summed E-state index contributed by atoms with van der Waals surface area (Å²) in [5.41, 5.74) is 1.85. The summed E-state index contributed by atoms with van der Waals surface area (Å²) in [5.74, 6) is 1.47. The Morgan fingerprint density at radius 1 is 1.04 bits per heavy atom. The minimum atomic E-state index is -3.48. The first-order valence-electron chi connectivity index (χ1n) is 8.62. The van der Waals surface area contributed by atoms with E-state index in [-0.39, 0.29) is 0 Å². The van der Waals surface area contributed by atoms with Crippen LogP contribution in [0, 0.1) is 13.8 Å². The molecule has 0 spiro atoms. The van der Waals surface area contributed by atoms with E-state index in [0.717, 1.165) is 16.9 Å². The molecular formula is C18H25N5O2S. The fourth-order valence-electron chi connectivity index (χ4n) is 3.10. The second kappa shape index (κ2) is 7.20. The summed E-state index contributed by atoms with van der Waals surface area (Å²) in [7, 11) is 0.383. The highest BCUT2D eigenvalue weighted by molar-refractivity contribution is 7.89. The number of sulfonamides is 1. The lowest BCUT2D eigenvalue weighted by molar-refractivity contribution is 0.382. The van der Waals surface area contributed by atoms with E-state index in [9.17, 15) is 8.42 Å². The van der Waals surface area contributed by atoms with Crippen molar-refractivity contribution in [1.82, 2.24) is 14.3 Å². The van der Waals surface area contributed by atoms with E-state index in [4.69, 9.17) is 0 Å². The predicted octanol–water partition coefficient (Wildman–Crippen LogP) is 1.67. The Labute approximate surface area is 155 Å². The monoisotopic (exact) mass is 375 g/mol. The van der Waals surface area contributed by atoms with Gasteiger partial charge in [0.05, 0.1) is 4.90 Å². The second-order valence-corrected chi connectivity index (χ2v) is 8.68. The van der Waals surface area contributed by atoms with E-state index < -0.39 is 10.0 Å². The molecule has 1 aromatic heterocycles. The topological polar surface area (TPSA) is 69.6 Å². The molecule has 7 nitrogen and oxygen atoms in total. The molecule has 0 N–H and O–H groups in total. The zero-order chi connectivity index (χ0) is 18.9. The molecule has 0 bridgehead atoms. The van der Waals surface area contributed by atoms with Crippen LogP contribution in [0.25, 0.3) is 0 Å². The molecule has 2 aromatic rings. The van der Waals surface area contributed by atoms with Crippen LogP contribution < -0.4 is 9.80 Å². The summed E-state index contributed by atoms with van der Waals surface area (Å²) in [4.78, 5) is 13.2. The first kappa shape index (κ1) is 18.6. The quantitative estimate of drug-likeness (QED) is 0.810. The van der Waals surface area contributed by atoms with Gasteiger partial charge in [0.15, 0.2) is 0 Å². The Morgan fingerprint density at radius 2 is 1.73 bits per heavy atom. The van der Waals surface area contributed by atoms with Crippen molar-refractivity contribution in [2.75, 3.05) is 50.1 Å². The molecular weight excluding hydrogens is 350 g/mol. The van der Waals surface area contributed by atoms with Gasteiger partial charge in [-0.1, -0.05) is 17.7 Å². The van der Waals surface area contributed by atoms with Crippen molar-refractivity contribution in [3.63, 3.8) is 0 Å². The van der Waals surface area contributed by atoms with Crippen molar-refractivity contribution in [2.45, 2.75) is 18.7 Å². The Balaban J connectivity index is 1.74. The molecule has 1 fully saturated rings. The average Bonchev–Trinajstić information content (AvgIpc) is 2.61. The highest BCUT2D eigenvalue weighted by Crippen LogP contribution is 2.23. The number of aromatic nitrogens is 2. The number of benzene rings is 1. The minimum absolute atomic E-state index is 0.391. The van der Waals surface area contributed by atoms with Crippen LogP contribution in [0.5, 0.6) is 0 Å². The Kier molecular flexibility index (Phi) is 5.15. The normalized spacial score (nSPS) is 15.9. The molecule has 0 amide bonds. The second-order valence-electron chi connectivity index (χ2n) is 6.77. The van der Waals surface area contributed by atoms with E-state index in [1.54, 1.807) is 16.6 Å². The lowest BCUT2D eigenvalue weighted by Gasteiger charge is -2.34. The van der Waals surface area contributed by atoms with Gasteiger partial charge < -0.3 is 9.80 Å². The van der Waals surface area contributed by atoms with E-state index in [1.807, 2.05) is 55.9 Å². The van der Waals surface area contributed by atoms with Crippen molar-refractivity contribution < 1.29 is 8.42 Å². The Morgan fingerprint density at radius 3 is 2.35 bits per heavy atom. The van der Waals surface area contributed by atoms with Gasteiger partial charge in [-0.25, -0.2) is 13.4 Å². The van der Waals surface area contributed by atoms with Crippen molar-refractivity contribution in [2.24, 2.45) is 0 Å². The molecule has 1 aromatic carbocycles. The predicted molar refractivity (Wildman–Crippen MR) is 103 cm³/mol. The molecule has 8 heteroatoms. The fourth-order valence-corrected chi connectivity index (χ4v) is 4.72. The molecule has 1 aliphatic heterocycles. The number of anilines is 2. The average molecular weight is 375 g/mol. The molecule has 0 atom stereocenters. The summed E-state index contributed by atoms with van der Waals surface area (Å²) in [5, 5.41) is 0. The largest absolute Gasteiger partial charge is 0.363 e. The summed E-state index contributed by atoms with van der Waals surface area (Å²) < 4.78 is 27.5. The third-order valence-corrected chi connectivity index (χ3v) is 6.61. The third kappa shape index (κ3) is 3.66. The van der Waals surface area contributed by atoms with Gasteiger partial charge in [-0.15, -0.1) is 0 Å². The number of rotatable bonds is 4. The Bertz CT molecular complexity index is 890. The van der Waals surface area contributed by atoms with Gasteiger partial charge in [-0.05, 0) is 31.5 Å². The highest BCUT2D eigenvalue weighted by atomic mass is 32.2. The zero-order valence-electron chi connectivity index (χ0n) is 15.7. The number of aryl methyl sites for hydroxylation is 2. The van der Waals surface area contributed by atoms with Gasteiger partial charge in [-0.3, -0.25) is 0 Å². The summed E-state index contributed by atoms with van der Waals surface area (Å²) >= 11 is 0. The number of piperazine rings is 1. The van der Waals surface area contributed by atoms with Crippen LogP contribution in [0.15, 0.2) is 35.4 Å². The Hall–Kier alpha value is -2.19. The first-order chi connectivity index (χ1) is 12.3. The maximum absolute atomic E-state index is 13.0. The smallest absolute Gasteiger partial charge is 0.243 e. The minimum Gasteiger partial charge on any atom is -0.363 e. The molecule has 0 saturated carbocycles. The number of hydrogen-bond donors (Lipinski definition) is 0. The molecule has 1 saturated heterocycles. The maximum atomic E-state index is 13.0. The summed E-state index contributed by atoms with van der Waals surface area (Å²) in [6, 6.07) is 7.31. The van der Waals surface area contributed by atoms with Gasteiger partial charge in [-0.2, -0.15) is 9.29 Å². The molecule has 0 unspecified atom stereocenters. The summed E-state index contributed by atoms with van der Waals surface area (Å²) in [6.07, 6.45) is 1.73. The molecule has 0 aliphatic carbocycles. The molecule has 3 rings (SSSR count). The van der Waals surface area contributed by atoms with Crippen LogP contribution in [0.4, 0.5) is 11.8 Å². The van der Waals surface area contributed by atoms with Gasteiger partial charge in [0.25, 0.3) is 0 Å². The van der Waals surface area contributed by atoms with Gasteiger partial charge in [0.2, 0.25) is 16.0 Å². The van der Waals surface area contributed by atoms with Gasteiger partial charge in [0.1, 0.15) is 5.82 Å². The lowest BCUT2D eigenvalue weighted by atomic mass is 10.2. The molecule has 26 heavy (non-hydrogen) atoms. The highest BCUT2D eigenvalue weighted by Gasteiger charge is 2.30. The van der Waals surface area contributed by atoms with E-state index in [2.05, 4.69) is 9.97 Å². The van der Waals surface area contributed by atoms with Crippen LogP contribution in [-0.4, -0.2) is 63.0 Å². The van der Waals surface area contributed by atoms with Crippen molar-refractivity contribution in [1.29, 1.82) is 0 Å². The lowest BCUT2D eigenvalue weighted by Crippen LogP contribution is -2.49. The fraction of sp³-hybridized carbons (Fsp3) is 0.444. The van der Waals surface area contributed by atoms with Crippen LogP contribution in [0.3, 0.4) is 0 Å². The number of nitrogens with zero attached hydrogens (tertiary/aromatic N) is 5. The summed E-state index contributed by atoms with van der Waals surface area (Å²) in [6.45, 7) is 5.79. The van der Waals surface area contributed by atoms with E-state index in [1.165, 1.54) is 0 Å². The standard InChI is InChI=1S/C18H25N5O2S/c1-14-5-6-16(15(2)13-14)26(24,25)23-11-9-22(10-12-23)18-19-8-7-17(20-18)21(3)4/h5-8,13H,9-12H2,1-4H3. The molecule has 140 valence electrons. The van der Waals surface area contributed by atoms with Crippen LogP contribution in [-0.2, 0) is 10.0 Å². The molecule has 1 aliphatic rings. The van der Waals surface area contributed by atoms with Crippen molar-refractivity contribution in [3.05, 3.63) is 41.6 Å². The van der Waals surface area contributed by atoms with E-state index in [0.29, 0.717) is 37.0 Å². The number of hydrogen-bond acceptors (Lipinski definition) is 6. The van der Waals surface area contributed by atoms with Gasteiger partial charge in [0, 0.05) is 46.5 Å². The van der Waals surface area contributed by atoms with Crippen molar-refractivity contribution >= 4 is 21.8 Å².